The quantitative estimate of drug-likeness (QED) is 0.519. The van der Waals surface area contributed by atoms with Gasteiger partial charge in [-0.15, -0.1) is 0 Å². The van der Waals surface area contributed by atoms with Crippen LogP contribution in [0, 0.1) is 0 Å². The van der Waals surface area contributed by atoms with E-state index < -0.39 is 0 Å². The second kappa shape index (κ2) is 2.65. The number of hydrogen-bond acceptors (Lipinski definition) is 4. The van der Waals surface area contributed by atoms with Crippen LogP contribution in [-0.4, -0.2) is 12.6 Å². The van der Waals surface area contributed by atoms with Gasteiger partial charge in [0, 0.05) is 5.69 Å². The molecule has 0 bridgehead atoms. The topological polar surface area (TPSA) is 61.6 Å². The summed E-state index contributed by atoms with van der Waals surface area (Å²) in [5.74, 6) is 0.937. The zero-order valence-corrected chi connectivity index (χ0v) is 7.16. The summed E-state index contributed by atoms with van der Waals surface area (Å²) in [5.41, 5.74) is 6.48. The first-order valence-corrected chi connectivity index (χ1v) is 3.89. The van der Waals surface area contributed by atoms with E-state index in [4.69, 9.17) is 15.2 Å². The van der Waals surface area contributed by atoms with Crippen molar-refractivity contribution in [2.75, 3.05) is 12.5 Å². The number of benzene rings is 1. The SMILES string of the molecule is CC(=O)c1c(N)ccc2c1OCO2. The molecule has 4 heteroatoms. The van der Waals surface area contributed by atoms with Crippen LogP contribution in [0.1, 0.15) is 17.3 Å². The fourth-order valence-electron chi connectivity index (χ4n) is 1.35. The third-order valence-corrected chi connectivity index (χ3v) is 1.92. The van der Waals surface area contributed by atoms with E-state index in [0.717, 1.165) is 0 Å². The molecule has 2 rings (SSSR count). The molecule has 1 heterocycles. The molecule has 0 amide bonds. The first kappa shape index (κ1) is 7.91. The van der Waals surface area contributed by atoms with Gasteiger partial charge in [-0.1, -0.05) is 0 Å². The Bertz CT molecular complexity index is 373. The number of Topliss-reactive ketones (excluding diaryl/α,β-unsaturated/α-hetero) is 1. The first-order chi connectivity index (χ1) is 6.20. The molecule has 68 valence electrons. The Kier molecular flexibility index (Phi) is 1.62. The van der Waals surface area contributed by atoms with E-state index in [2.05, 4.69) is 0 Å². The summed E-state index contributed by atoms with van der Waals surface area (Å²) in [6, 6.07) is 3.34. The predicted molar refractivity (Wildman–Crippen MR) is 47.0 cm³/mol. The van der Waals surface area contributed by atoms with Gasteiger partial charge in [0.25, 0.3) is 0 Å². The normalized spacial score (nSPS) is 13.0. The van der Waals surface area contributed by atoms with Gasteiger partial charge >= 0.3 is 0 Å². The Labute approximate surface area is 75.2 Å². The minimum absolute atomic E-state index is 0.111. The molecule has 0 unspecified atom stereocenters. The van der Waals surface area contributed by atoms with Crippen LogP contribution >= 0.6 is 0 Å². The van der Waals surface area contributed by atoms with Crippen molar-refractivity contribution >= 4 is 11.5 Å². The van der Waals surface area contributed by atoms with Crippen molar-refractivity contribution in [3.63, 3.8) is 0 Å². The van der Waals surface area contributed by atoms with E-state index in [9.17, 15) is 4.79 Å². The molecule has 1 aliphatic heterocycles. The Balaban J connectivity index is 2.65. The number of anilines is 1. The standard InChI is InChI=1S/C9H9NO3/c1-5(11)8-6(10)2-3-7-9(8)13-4-12-7/h2-3H,4,10H2,1H3. The van der Waals surface area contributed by atoms with Gasteiger partial charge in [0.1, 0.15) is 0 Å². The molecule has 0 spiro atoms. The van der Waals surface area contributed by atoms with Gasteiger partial charge in [0.05, 0.1) is 5.56 Å². The monoisotopic (exact) mass is 179 g/mol. The molecule has 2 N–H and O–H groups in total. The van der Waals surface area contributed by atoms with Crippen LogP contribution in [0.25, 0.3) is 0 Å². The molecule has 4 nitrogen and oxygen atoms in total. The van der Waals surface area contributed by atoms with Crippen molar-refractivity contribution in [2.24, 2.45) is 0 Å². The molecule has 0 aliphatic carbocycles. The fraction of sp³-hybridized carbons (Fsp3) is 0.222. The number of hydrogen-bond donors (Lipinski definition) is 1. The van der Waals surface area contributed by atoms with E-state index in [0.29, 0.717) is 22.7 Å². The molecule has 1 aromatic carbocycles. The zero-order chi connectivity index (χ0) is 9.42. The molecule has 0 radical (unpaired) electrons. The van der Waals surface area contributed by atoms with Crippen molar-refractivity contribution in [3.8, 4) is 11.5 Å². The lowest BCUT2D eigenvalue weighted by atomic mass is 10.1. The minimum atomic E-state index is -0.111. The third kappa shape index (κ3) is 1.11. The third-order valence-electron chi connectivity index (χ3n) is 1.92. The summed E-state index contributed by atoms with van der Waals surface area (Å²) in [6.45, 7) is 1.60. The van der Waals surface area contributed by atoms with Crippen LogP contribution in [0.2, 0.25) is 0 Å². The number of nitrogens with two attached hydrogens (primary N) is 1. The summed E-state index contributed by atoms with van der Waals surface area (Å²) >= 11 is 0. The van der Waals surface area contributed by atoms with E-state index in [1.54, 1.807) is 12.1 Å². The molecule has 0 saturated heterocycles. The average Bonchev–Trinajstić information content (AvgIpc) is 2.50. The van der Waals surface area contributed by atoms with Crippen molar-refractivity contribution in [3.05, 3.63) is 17.7 Å². The van der Waals surface area contributed by atoms with E-state index in [1.807, 2.05) is 0 Å². The number of fused-ring (bicyclic) bond motifs is 1. The van der Waals surface area contributed by atoms with Gasteiger partial charge in [0.15, 0.2) is 17.3 Å². The van der Waals surface area contributed by atoms with Crippen molar-refractivity contribution in [1.82, 2.24) is 0 Å². The average molecular weight is 179 g/mol. The highest BCUT2D eigenvalue weighted by Crippen LogP contribution is 2.38. The summed E-state index contributed by atoms with van der Waals surface area (Å²) in [5, 5.41) is 0. The molecule has 0 fully saturated rings. The highest BCUT2D eigenvalue weighted by atomic mass is 16.7. The van der Waals surface area contributed by atoms with Gasteiger partial charge in [-0.2, -0.15) is 0 Å². The van der Waals surface area contributed by atoms with Crippen LogP contribution in [-0.2, 0) is 0 Å². The van der Waals surface area contributed by atoms with Gasteiger partial charge in [0.2, 0.25) is 6.79 Å². The smallest absolute Gasteiger partial charge is 0.231 e. The van der Waals surface area contributed by atoms with Gasteiger partial charge in [-0.25, -0.2) is 0 Å². The number of nitrogen functional groups attached to an aromatic ring is 1. The number of ketones is 1. The van der Waals surface area contributed by atoms with Crippen LogP contribution in [0.4, 0.5) is 5.69 Å². The van der Waals surface area contributed by atoms with Gasteiger partial charge < -0.3 is 15.2 Å². The number of rotatable bonds is 1. The fourth-order valence-corrected chi connectivity index (χ4v) is 1.35. The largest absolute Gasteiger partial charge is 0.454 e. The molecule has 0 saturated carbocycles. The van der Waals surface area contributed by atoms with Crippen LogP contribution < -0.4 is 15.2 Å². The van der Waals surface area contributed by atoms with E-state index in [-0.39, 0.29) is 12.6 Å². The molecule has 13 heavy (non-hydrogen) atoms. The van der Waals surface area contributed by atoms with Crippen molar-refractivity contribution < 1.29 is 14.3 Å². The summed E-state index contributed by atoms with van der Waals surface area (Å²) in [4.78, 5) is 11.2. The molecule has 0 atom stereocenters. The van der Waals surface area contributed by atoms with E-state index >= 15 is 0 Å². The molecular weight excluding hydrogens is 170 g/mol. The highest BCUT2D eigenvalue weighted by Gasteiger charge is 2.22. The molecule has 1 aliphatic rings. The Morgan fingerprint density at radius 2 is 2.23 bits per heavy atom. The Hall–Kier alpha value is -1.71. The first-order valence-electron chi connectivity index (χ1n) is 3.89. The van der Waals surface area contributed by atoms with Crippen molar-refractivity contribution in [2.45, 2.75) is 6.92 Å². The van der Waals surface area contributed by atoms with Crippen LogP contribution in [0.3, 0.4) is 0 Å². The number of carbonyl (C=O) groups is 1. The maximum atomic E-state index is 11.2. The predicted octanol–water partition coefficient (Wildman–Crippen LogP) is 1.20. The lowest BCUT2D eigenvalue weighted by Crippen LogP contribution is -2.01. The Morgan fingerprint density at radius 1 is 1.46 bits per heavy atom. The second-order valence-electron chi connectivity index (χ2n) is 2.82. The maximum Gasteiger partial charge on any atom is 0.231 e. The van der Waals surface area contributed by atoms with E-state index in [1.165, 1.54) is 6.92 Å². The molecule has 1 aromatic rings. The van der Waals surface area contributed by atoms with Crippen LogP contribution in [0.5, 0.6) is 11.5 Å². The number of carbonyl (C=O) groups excluding carboxylic acids is 1. The zero-order valence-electron chi connectivity index (χ0n) is 7.16. The Morgan fingerprint density at radius 3 is 2.92 bits per heavy atom. The lowest BCUT2D eigenvalue weighted by molar-refractivity contribution is 0.101. The number of ether oxygens (including phenoxy) is 2. The maximum absolute atomic E-state index is 11.2. The molecule has 0 aromatic heterocycles. The lowest BCUT2D eigenvalue weighted by Gasteiger charge is -2.04. The van der Waals surface area contributed by atoms with Crippen molar-refractivity contribution in [1.29, 1.82) is 0 Å². The minimum Gasteiger partial charge on any atom is -0.454 e. The highest BCUT2D eigenvalue weighted by molar-refractivity contribution is 6.02. The summed E-state index contributed by atoms with van der Waals surface area (Å²) in [7, 11) is 0. The second-order valence-corrected chi connectivity index (χ2v) is 2.82. The van der Waals surface area contributed by atoms with Crippen LogP contribution in [0.15, 0.2) is 12.1 Å². The van der Waals surface area contributed by atoms with Gasteiger partial charge in [-0.3, -0.25) is 4.79 Å². The van der Waals surface area contributed by atoms with Gasteiger partial charge in [-0.05, 0) is 19.1 Å². The summed E-state index contributed by atoms with van der Waals surface area (Å²) < 4.78 is 10.3. The summed E-state index contributed by atoms with van der Waals surface area (Å²) in [6.07, 6.45) is 0. The molecular formula is C9H9NO3.